The van der Waals surface area contributed by atoms with Gasteiger partial charge < -0.3 is 0 Å². The molecule has 0 aliphatic heterocycles. The van der Waals surface area contributed by atoms with Gasteiger partial charge in [0.25, 0.3) is 0 Å². The van der Waals surface area contributed by atoms with Gasteiger partial charge in [-0.1, -0.05) is 146 Å². The Labute approximate surface area is 397 Å². The van der Waals surface area contributed by atoms with Gasteiger partial charge in [0.05, 0.1) is 0 Å². The van der Waals surface area contributed by atoms with Crippen molar-refractivity contribution in [2.24, 2.45) is 0 Å². The molecule has 0 bridgehead atoms. The zero-order chi connectivity index (χ0) is 45.7. The van der Waals surface area contributed by atoms with Crippen LogP contribution in [0.25, 0.3) is 118 Å². The number of fused-ring (bicyclic) bond motifs is 6. The second-order valence-electron chi connectivity index (χ2n) is 16.9. The lowest BCUT2D eigenvalue weighted by Crippen LogP contribution is -2.01. The van der Waals surface area contributed by atoms with Crippen LogP contribution in [0, 0.1) is 0 Å². The fourth-order valence-electron chi connectivity index (χ4n) is 9.58. The predicted molar refractivity (Wildman–Crippen MR) is 276 cm³/mol. The van der Waals surface area contributed by atoms with E-state index in [0.717, 1.165) is 118 Å². The molecule has 0 N–H and O–H groups in total. The monoisotopic (exact) mass is 885 g/mol. The summed E-state index contributed by atoms with van der Waals surface area (Å²) in [4.78, 5) is 30.8. The number of rotatable bonds is 9. The van der Waals surface area contributed by atoms with Gasteiger partial charge >= 0.3 is 0 Å². The molecule has 0 aliphatic rings. The zero-order valence-corrected chi connectivity index (χ0v) is 37.0. The number of pyridine rings is 3. The van der Waals surface area contributed by atoms with E-state index in [-0.39, 0.29) is 0 Å². The minimum Gasteiger partial charge on any atom is -0.290 e. The summed E-state index contributed by atoms with van der Waals surface area (Å²) >= 11 is 0. The van der Waals surface area contributed by atoms with Crippen molar-refractivity contribution >= 4 is 33.1 Å². The highest BCUT2D eigenvalue weighted by Gasteiger charge is 2.31. The molecular weight excluding hydrogens is 847 g/mol. The van der Waals surface area contributed by atoms with Gasteiger partial charge in [-0.15, -0.1) is 0 Å². The van der Waals surface area contributed by atoms with Gasteiger partial charge in [-0.3, -0.25) is 28.7 Å². The molecule has 9 nitrogen and oxygen atoms in total. The normalized spacial score (nSPS) is 11.5. The molecular formula is C60H39N9. The number of hydrogen-bond acceptors (Lipinski definition) is 6. The van der Waals surface area contributed by atoms with Gasteiger partial charge in [-0.2, -0.15) is 0 Å². The fourth-order valence-corrected chi connectivity index (χ4v) is 9.58. The van der Waals surface area contributed by atoms with E-state index in [1.165, 1.54) is 0 Å². The van der Waals surface area contributed by atoms with Crippen molar-refractivity contribution in [3.8, 4) is 84.6 Å². The van der Waals surface area contributed by atoms with Crippen LogP contribution >= 0.6 is 0 Å². The van der Waals surface area contributed by atoms with Gasteiger partial charge in [0.2, 0.25) is 0 Å². The third-order valence-electron chi connectivity index (χ3n) is 12.7. The second kappa shape index (κ2) is 16.7. The van der Waals surface area contributed by atoms with Crippen LogP contribution in [0.15, 0.2) is 237 Å². The minimum atomic E-state index is 0.762. The van der Waals surface area contributed by atoms with E-state index in [1.54, 1.807) is 18.6 Å². The first-order valence-corrected chi connectivity index (χ1v) is 22.8. The summed E-state index contributed by atoms with van der Waals surface area (Å²) in [6.45, 7) is 0. The van der Waals surface area contributed by atoms with Crippen LogP contribution in [0.5, 0.6) is 0 Å². The van der Waals surface area contributed by atoms with E-state index in [4.69, 9.17) is 15.0 Å². The Kier molecular flexibility index (Phi) is 9.61. The largest absolute Gasteiger partial charge is 0.290 e. The molecule has 0 fully saturated rings. The van der Waals surface area contributed by atoms with Gasteiger partial charge in [0.1, 0.15) is 50.6 Å². The predicted octanol–water partition coefficient (Wildman–Crippen LogP) is 13.9. The van der Waals surface area contributed by atoms with Crippen LogP contribution in [-0.2, 0) is 0 Å². The molecule has 0 amide bonds. The summed E-state index contributed by atoms with van der Waals surface area (Å²) in [5, 5.41) is 0. The number of benzene rings is 7. The summed E-state index contributed by atoms with van der Waals surface area (Å²) in [5.74, 6) is 2.32. The molecule has 7 aromatic carbocycles. The Balaban J connectivity index is 1.25. The summed E-state index contributed by atoms with van der Waals surface area (Å²) in [5.41, 5.74) is 16.7. The highest BCUT2D eigenvalue weighted by atomic mass is 15.2. The van der Waals surface area contributed by atoms with Crippen molar-refractivity contribution in [1.82, 2.24) is 43.6 Å². The lowest BCUT2D eigenvalue weighted by atomic mass is 10.1. The first kappa shape index (κ1) is 39.7. The zero-order valence-electron chi connectivity index (χ0n) is 37.0. The molecule has 0 saturated carbocycles. The molecule has 0 atom stereocenters. The van der Waals surface area contributed by atoms with Crippen molar-refractivity contribution in [2.75, 3.05) is 0 Å². The lowest BCUT2D eigenvalue weighted by Gasteiger charge is -2.14. The maximum atomic E-state index is 5.78. The van der Waals surface area contributed by atoms with E-state index in [9.17, 15) is 0 Å². The minimum absolute atomic E-state index is 0.762. The van der Waals surface area contributed by atoms with Crippen LogP contribution < -0.4 is 0 Å². The summed E-state index contributed by atoms with van der Waals surface area (Å²) in [6, 6.07) is 69.3. The highest BCUT2D eigenvalue weighted by molar-refractivity contribution is 6.22. The molecule has 69 heavy (non-hydrogen) atoms. The van der Waals surface area contributed by atoms with E-state index in [0.29, 0.717) is 0 Å². The number of aromatic nitrogens is 9. The Morgan fingerprint density at radius 1 is 0.246 bits per heavy atom. The van der Waals surface area contributed by atoms with Crippen molar-refractivity contribution in [2.45, 2.75) is 0 Å². The van der Waals surface area contributed by atoms with Crippen LogP contribution in [0.4, 0.5) is 0 Å². The van der Waals surface area contributed by atoms with E-state index >= 15 is 0 Å². The molecule has 13 aromatic rings. The Hall–Kier alpha value is -9.60. The Morgan fingerprint density at radius 2 is 0.522 bits per heavy atom. The van der Waals surface area contributed by atoms with Crippen molar-refractivity contribution in [3.05, 3.63) is 237 Å². The second-order valence-corrected chi connectivity index (χ2v) is 16.9. The smallest absolute Gasteiger partial charge is 0.145 e. The standard InChI is InChI=1S/C60H39N9/c1-4-16-40(17-5-1)58-64-52-55(67(58)49-28-10-22-43(34-49)46-25-13-31-61-37-46)53-57(69(59(65-53)41-18-6-2-7-19-41)51-30-12-24-45(36-51)48-27-15-33-63-39-48)54-56(52)68(60(66-54)42-20-8-3-9-21-42)50-29-11-23-44(35-50)47-26-14-32-62-38-47/h1-39H. The maximum absolute atomic E-state index is 5.78. The van der Waals surface area contributed by atoms with Crippen molar-refractivity contribution in [3.63, 3.8) is 0 Å². The molecule has 0 saturated heterocycles. The fraction of sp³-hybridized carbons (Fsp3) is 0. The molecule has 0 spiro atoms. The van der Waals surface area contributed by atoms with E-state index in [1.807, 2.05) is 55.0 Å². The Bertz CT molecular complexity index is 3530. The van der Waals surface area contributed by atoms with Crippen LogP contribution in [-0.4, -0.2) is 43.6 Å². The highest BCUT2D eigenvalue weighted by Crippen LogP contribution is 2.45. The summed E-state index contributed by atoms with van der Waals surface area (Å²) in [7, 11) is 0. The number of imidazole rings is 3. The molecule has 0 unspecified atom stereocenters. The summed E-state index contributed by atoms with van der Waals surface area (Å²) < 4.78 is 6.86. The SMILES string of the molecule is c1ccc(-c2nc3c(c4nc(-c5ccccc5)n(-c5cccc(-c6cccnc6)c5)c4c4nc(-c5ccccc5)n(-c5cccc(-c6cccnc6)c5)c34)n2-c2cccc(-c3cccnc3)c2)cc1. The molecule has 6 heterocycles. The average molecular weight is 886 g/mol. The molecule has 0 aliphatic carbocycles. The van der Waals surface area contributed by atoms with Crippen molar-refractivity contribution in [1.29, 1.82) is 0 Å². The first-order valence-electron chi connectivity index (χ1n) is 22.8. The number of nitrogens with zero attached hydrogens (tertiary/aromatic N) is 9. The molecule has 9 heteroatoms. The topological polar surface area (TPSA) is 92.1 Å². The third kappa shape index (κ3) is 6.87. The van der Waals surface area contributed by atoms with Crippen molar-refractivity contribution < 1.29 is 0 Å². The van der Waals surface area contributed by atoms with E-state index < -0.39 is 0 Å². The quantitative estimate of drug-likeness (QED) is 0.143. The number of hydrogen-bond donors (Lipinski definition) is 0. The molecule has 324 valence electrons. The maximum Gasteiger partial charge on any atom is 0.145 e. The van der Waals surface area contributed by atoms with Gasteiger partial charge in [-0.25, -0.2) is 15.0 Å². The third-order valence-corrected chi connectivity index (χ3v) is 12.7. The Morgan fingerprint density at radius 3 is 0.797 bits per heavy atom. The summed E-state index contributed by atoms with van der Waals surface area (Å²) in [6.07, 6.45) is 11.1. The van der Waals surface area contributed by atoms with Crippen LogP contribution in [0.1, 0.15) is 0 Å². The lowest BCUT2D eigenvalue weighted by molar-refractivity contribution is 1.10. The molecule has 0 radical (unpaired) electrons. The van der Waals surface area contributed by atoms with Gasteiger partial charge in [-0.05, 0) is 71.3 Å². The first-order chi connectivity index (χ1) is 34.2. The van der Waals surface area contributed by atoms with E-state index in [2.05, 4.69) is 192 Å². The van der Waals surface area contributed by atoms with Crippen LogP contribution in [0.2, 0.25) is 0 Å². The van der Waals surface area contributed by atoms with Gasteiger partial charge in [0.15, 0.2) is 0 Å². The molecule has 6 aromatic heterocycles. The average Bonchev–Trinajstić information content (AvgIpc) is 4.16. The van der Waals surface area contributed by atoms with Gasteiger partial charge in [0, 0.05) is 87.6 Å². The van der Waals surface area contributed by atoms with Crippen LogP contribution in [0.3, 0.4) is 0 Å². The molecule has 13 rings (SSSR count).